The molecule has 0 saturated heterocycles. The van der Waals surface area contributed by atoms with Gasteiger partial charge in [-0.2, -0.15) is 8.42 Å². The van der Waals surface area contributed by atoms with Gasteiger partial charge in [-0.1, -0.05) is 12.6 Å². The van der Waals surface area contributed by atoms with Gasteiger partial charge in [-0.25, -0.2) is 9.59 Å². The number of aryl methyl sites for hydroxylation is 1. The first-order valence-corrected chi connectivity index (χ1v) is 8.77. The molecule has 2 N–H and O–H groups in total. The van der Waals surface area contributed by atoms with Crippen molar-refractivity contribution in [1.29, 1.82) is 0 Å². The van der Waals surface area contributed by atoms with Gasteiger partial charge in [0.25, 0.3) is 10.1 Å². The second-order valence-corrected chi connectivity index (χ2v) is 6.68. The number of carbonyl (C=O) groups is 2. The van der Waals surface area contributed by atoms with Crippen LogP contribution in [0.4, 0.5) is 11.4 Å². The molecule has 0 bridgehead atoms. The van der Waals surface area contributed by atoms with Crippen LogP contribution in [-0.2, 0) is 14.9 Å². The predicted octanol–water partition coefficient (Wildman–Crippen LogP) is 3.45. The Kier molecular flexibility index (Phi) is 5.83. The summed E-state index contributed by atoms with van der Waals surface area (Å²) in [5.41, 5.74) is 0.289. The SMILES string of the molecule is C=CC(=O)Oc1cc(C)ccc1N=Nc1ccc(S(=O)(=O)O)cc1C(=O)O. The van der Waals surface area contributed by atoms with Crippen LogP contribution < -0.4 is 4.74 Å². The first-order valence-electron chi connectivity index (χ1n) is 7.33. The molecule has 0 atom stereocenters. The van der Waals surface area contributed by atoms with Crippen LogP contribution in [-0.4, -0.2) is 30.0 Å². The monoisotopic (exact) mass is 390 g/mol. The highest BCUT2D eigenvalue weighted by atomic mass is 32.2. The topological polar surface area (TPSA) is 143 Å². The molecule has 0 amide bonds. The Morgan fingerprint density at radius 3 is 2.33 bits per heavy atom. The van der Waals surface area contributed by atoms with Crippen molar-refractivity contribution in [2.75, 3.05) is 0 Å². The van der Waals surface area contributed by atoms with Gasteiger partial charge in [0.15, 0.2) is 5.75 Å². The van der Waals surface area contributed by atoms with Gasteiger partial charge in [-0.15, -0.1) is 10.2 Å². The molecule has 2 rings (SSSR count). The number of carboxylic acid groups (broad SMARTS) is 1. The predicted molar refractivity (Wildman–Crippen MR) is 94.4 cm³/mol. The number of rotatable bonds is 6. The van der Waals surface area contributed by atoms with Crippen molar-refractivity contribution in [2.24, 2.45) is 10.2 Å². The van der Waals surface area contributed by atoms with Gasteiger partial charge in [0, 0.05) is 6.08 Å². The number of ether oxygens (including phenoxy) is 1. The zero-order chi connectivity index (χ0) is 20.2. The Bertz CT molecular complexity index is 1060. The number of carbonyl (C=O) groups excluding carboxylic acids is 1. The van der Waals surface area contributed by atoms with Gasteiger partial charge in [0.05, 0.1) is 10.5 Å². The molecule has 0 unspecified atom stereocenters. The van der Waals surface area contributed by atoms with E-state index in [-0.39, 0.29) is 17.1 Å². The normalized spacial score (nSPS) is 11.3. The lowest BCUT2D eigenvalue weighted by molar-refractivity contribution is -0.128. The van der Waals surface area contributed by atoms with E-state index in [4.69, 9.17) is 9.29 Å². The molecule has 140 valence electrons. The number of hydrogen-bond donors (Lipinski definition) is 2. The first-order chi connectivity index (χ1) is 12.6. The molecular formula is C17H14N2O7S. The van der Waals surface area contributed by atoms with Crippen LogP contribution in [0.25, 0.3) is 0 Å². The molecule has 0 aliphatic carbocycles. The lowest BCUT2D eigenvalue weighted by Gasteiger charge is -2.06. The summed E-state index contributed by atoms with van der Waals surface area (Å²) < 4.78 is 36.4. The van der Waals surface area contributed by atoms with Crippen molar-refractivity contribution in [3.63, 3.8) is 0 Å². The fraction of sp³-hybridized carbons (Fsp3) is 0.0588. The largest absolute Gasteiger partial charge is 0.478 e. The van der Waals surface area contributed by atoms with Crippen molar-refractivity contribution < 1.29 is 32.4 Å². The minimum Gasteiger partial charge on any atom is -0.478 e. The van der Waals surface area contributed by atoms with E-state index in [9.17, 15) is 23.1 Å². The summed E-state index contributed by atoms with van der Waals surface area (Å²) in [6.45, 7) is 5.06. The summed E-state index contributed by atoms with van der Waals surface area (Å²) in [6, 6.07) is 7.56. The molecule has 27 heavy (non-hydrogen) atoms. The molecule has 0 aliphatic rings. The smallest absolute Gasteiger partial charge is 0.338 e. The number of nitrogens with zero attached hydrogens (tertiary/aromatic N) is 2. The average molecular weight is 390 g/mol. The van der Waals surface area contributed by atoms with E-state index in [1.807, 2.05) is 0 Å². The quantitative estimate of drug-likeness (QED) is 0.253. The Morgan fingerprint density at radius 1 is 1.11 bits per heavy atom. The fourth-order valence-corrected chi connectivity index (χ4v) is 2.48. The maximum atomic E-state index is 11.4. The summed E-state index contributed by atoms with van der Waals surface area (Å²) in [5, 5.41) is 16.9. The molecule has 10 heteroatoms. The highest BCUT2D eigenvalue weighted by Crippen LogP contribution is 2.32. The summed E-state index contributed by atoms with van der Waals surface area (Å²) in [7, 11) is -4.57. The third-order valence-electron chi connectivity index (χ3n) is 3.25. The second-order valence-electron chi connectivity index (χ2n) is 5.26. The van der Waals surface area contributed by atoms with E-state index in [2.05, 4.69) is 16.8 Å². The third kappa shape index (κ3) is 5.06. The number of aromatic carboxylic acids is 1. The van der Waals surface area contributed by atoms with Crippen LogP contribution in [0.5, 0.6) is 5.75 Å². The van der Waals surface area contributed by atoms with Crippen molar-refractivity contribution in [2.45, 2.75) is 11.8 Å². The summed E-state index contributed by atoms with van der Waals surface area (Å²) in [4.78, 5) is 22.2. The van der Waals surface area contributed by atoms with Crippen LogP contribution in [0, 0.1) is 6.92 Å². The third-order valence-corrected chi connectivity index (χ3v) is 4.10. The molecule has 2 aromatic rings. The van der Waals surface area contributed by atoms with Gasteiger partial charge in [-0.05, 0) is 42.8 Å². The van der Waals surface area contributed by atoms with E-state index < -0.39 is 32.5 Å². The Morgan fingerprint density at radius 2 is 1.74 bits per heavy atom. The molecular weight excluding hydrogens is 376 g/mol. The van der Waals surface area contributed by atoms with Crippen LogP contribution in [0.1, 0.15) is 15.9 Å². The molecule has 0 radical (unpaired) electrons. The molecule has 0 heterocycles. The van der Waals surface area contributed by atoms with Gasteiger partial charge >= 0.3 is 11.9 Å². The molecule has 0 aromatic heterocycles. The van der Waals surface area contributed by atoms with Crippen LogP contribution in [0.3, 0.4) is 0 Å². The number of benzene rings is 2. The van der Waals surface area contributed by atoms with E-state index in [0.717, 1.165) is 29.8 Å². The molecule has 0 spiro atoms. The maximum absolute atomic E-state index is 11.4. The molecule has 0 saturated carbocycles. The zero-order valence-electron chi connectivity index (χ0n) is 14.0. The van der Waals surface area contributed by atoms with Crippen LogP contribution >= 0.6 is 0 Å². The number of esters is 1. The minimum absolute atomic E-state index is 0.0927. The Balaban J connectivity index is 2.48. The van der Waals surface area contributed by atoms with E-state index in [1.54, 1.807) is 13.0 Å². The summed E-state index contributed by atoms with van der Waals surface area (Å²) in [6.07, 6.45) is 0.972. The highest BCUT2D eigenvalue weighted by molar-refractivity contribution is 7.85. The molecule has 0 aliphatic heterocycles. The van der Waals surface area contributed by atoms with E-state index in [1.165, 1.54) is 12.1 Å². The lowest BCUT2D eigenvalue weighted by Crippen LogP contribution is -2.03. The van der Waals surface area contributed by atoms with E-state index >= 15 is 0 Å². The highest BCUT2D eigenvalue weighted by Gasteiger charge is 2.17. The zero-order valence-corrected chi connectivity index (χ0v) is 14.8. The number of carboxylic acids is 1. The molecule has 0 fully saturated rings. The second kappa shape index (κ2) is 7.89. The summed E-state index contributed by atoms with van der Waals surface area (Å²) >= 11 is 0. The summed E-state index contributed by atoms with van der Waals surface area (Å²) in [5.74, 6) is -2.08. The molecule has 2 aromatic carbocycles. The first kappa shape index (κ1) is 19.9. The molecule has 9 nitrogen and oxygen atoms in total. The number of azo groups is 1. The van der Waals surface area contributed by atoms with Gasteiger partial charge in [-0.3, -0.25) is 4.55 Å². The average Bonchev–Trinajstić information content (AvgIpc) is 2.59. The van der Waals surface area contributed by atoms with Crippen molar-refractivity contribution >= 4 is 33.4 Å². The van der Waals surface area contributed by atoms with Crippen molar-refractivity contribution in [3.8, 4) is 5.75 Å². The van der Waals surface area contributed by atoms with Crippen LogP contribution in [0.15, 0.2) is 64.2 Å². The Hall–Kier alpha value is -3.37. The fourth-order valence-electron chi connectivity index (χ4n) is 1.98. The number of hydrogen-bond acceptors (Lipinski definition) is 7. The van der Waals surface area contributed by atoms with Crippen molar-refractivity contribution in [1.82, 2.24) is 0 Å². The minimum atomic E-state index is -4.57. The maximum Gasteiger partial charge on any atom is 0.338 e. The van der Waals surface area contributed by atoms with E-state index in [0.29, 0.717) is 0 Å². The van der Waals surface area contributed by atoms with Crippen molar-refractivity contribution in [3.05, 3.63) is 60.2 Å². The van der Waals surface area contributed by atoms with Crippen LogP contribution in [0.2, 0.25) is 0 Å². The Labute approximate surface area is 154 Å². The van der Waals surface area contributed by atoms with Gasteiger partial charge < -0.3 is 9.84 Å². The standard InChI is InChI=1S/C17H14N2O7S/c1-3-16(20)26-15-8-10(2)4-6-14(15)19-18-13-7-5-11(27(23,24)25)9-12(13)17(21)22/h3-9H,1H2,2H3,(H,21,22)(H,23,24,25). The van der Waals surface area contributed by atoms with Gasteiger partial charge in [0.1, 0.15) is 11.4 Å². The van der Waals surface area contributed by atoms with Gasteiger partial charge in [0.2, 0.25) is 0 Å². The lowest BCUT2D eigenvalue weighted by atomic mass is 10.2.